The lowest BCUT2D eigenvalue weighted by atomic mass is 10.0. The van der Waals surface area contributed by atoms with Crippen molar-refractivity contribution in [2.75, 3.05) is 32.8 Å². The predicted octanol–water partition coefficient (Wildman–Crippen LogP) is -1.33. The van der Waals surface area contributed by atoms with E-state index in [-0.39, 0.29) is 25.1 Å². The van der Waals surface area contributed by atoms with E-state index in [9.17, 15) is 9.90 Å². The van der Waals surface area contributed by atoms with Gasteiger partial charge in [-0.2, -0.15) is 0 Å². The average Bonchev–Trinajstić information content (AvgIpc) is 2.94. The summed E-state index contributed by atoms with van der Waals surface area (Å²) in [5.74, 6) is -0.0106. The smallest absolute Gasteiger partial charge is 0.237 e. The number of piperidine rings is 1. The lowest BCUT2D eigenvalue weighted by Gasteiger charge is -2.35. The summed E-state index contributed by atoms with van der Waals surface area (Å²) in [5.41, 5.74) is 0. The van der Waals surface area contributed by atoms with Crippen molar-refractivity contribution in [1.82, 2.24) is 15.5 Å². The van der Waals surface area contributed by atoms with Crippen molar-refractivity contribution >= 4 is 5.91 Å². The minimum atomic E-state index is -0.863. The number of hydrogen-bond donors (Lipinski definition) is 4. The quantitative estimate of drug-likeness (QED) is 0.498. The molecular formula is C13H25N3O3. The second-order valence-electron chi connectivity index (χ2n) is 5.46. The summed E-state index contributed by atoms with van der Waals surface area (Å²) in [4.78, 5) is 14.5. The standard InChI is InChI=1S/C13H25N3O3/c17-9-11(18)8-15-13(19)12-2-1-7-16(12)10-3-5-14-6-4-10/h10-12,14,17-18H,1-9H2,(H,15,19). The molecule has 2 fully saturated rings. The largest absolute Gasteiger partial charge is 0.394 e. The number of carbonyl (C=O) groups excluding carboxylic acids is 1. The summed E-state index contributed by atoms with van der Waals surface area (Å²) in [7, 11) is 0. The maximum Gasteiger partial charge on any atom is 0.237 e. The average molecular weight is 271 g/mol. The molecule has 1 amide bonds. The van der Waals surface area contributed by atoms with Gasteiger partial charge in [-0.15, -0.1) is 0 Å². The van der Waals surface area contributed by atoms with Gasteiger partial charge in [0.15, 0.2) is 0 Å². The van der Waals surface area contributed by atoms with Crippen LogP contribution in [-0.2, 0) is 4.79 Å². The van der Waals surface area contributed by atoms with Crippen molar-refractivity contribution in [3.05, 3.63) is 0 Å². The van der Waals surface area contributed by atoms with E-state index in [1.165, 1.54) is 0 Å². The molecule has 4 N–H and O–H groups in total. The number of carbonyl (C=O) groups is 1. The highest BCUT2D eigenvalue weighted by Gasteiger charge is 2.35. The van der Waals surface area contributed by atoms with Crippen LogP contribution in [0.25, 0.3) is 0 Å². The highest BCUT2D eigenvalue weighted by atomic mass is 16.3. The van der Waals surface area contributed by atoms with Crippen LogP contribution in [0, 0.1) is 0 Å². The van der Waals surface area contributed by atoms with E-state index in [0.29, 0.717) is 6.04 Å². The van der Waals surface area contributed by atoms with Crippen LogP contribution in [0.3, 0.4) is 0 Å². The van der Waals surface area contributed by atoms with Crippen LogP contribution >= 0.6 is 0 Å². The molecule has 0 aromatic carbocycles. The minimum Gasteiger partial charge on any atom is -0.394 e. The molecule has 6 heteroatoms. The molecule has 2 rings (SSSR count). The lowest BCUT2D eigenvalue weighted by Crippen LogP contribution is -2.51. The van der Waals surface area contributed by atoms with Crippen LogP contribution in [0.5, 0.6) is 0 Å². The number of aliphatic hydroxyl groups excluding tert-OH is 2. The van der Waals surface area contributed by atoms with Crippen LogP contribution < -0.4 is 10.6 Å². The maximum atomic E-state index is 12.2. The Balaban J connectivity index is 1.85. The minimum absolute atomic E-state index is 0.0106. The van der Waals surface area contributed by atoms with E-state index >= 15 is 0 Å². The van der Waals surface area contributed by atoms with Crippen molar-refractivity contribution in [2.45, 2.75) is 43.9 Å². The number of hydrogen-bond acceptors (Lipinski definition) is 5. The molecule has 6 nitrogen and oxygen atoms in total. The molecule has 19 heavy (non-hydrogen) atoms. The second-order valence-corrected chi connectivity index (χ2v) is 5.46. The van der Waals surface area contributed by atoms with E-state index in [1.807, 2.05) is 0 Å². The fourth-order valence-corrected chi connectivity index (χ4v) is 3.05. The molecule has 2 aliphatic heterocycles. The first kappa shape index (κ1) is 14.7. The molecule has 2 saturated heterocycles. The van der Waals surface area contributed by atoms with Gasteiger partial charge >= 0.3 is 0 Å². The Morgan fingerprint density at radius 3 is 2.79 bits per heavy atom. The third-order valence-corrected chi connectivity index (χ3v) is 4.10. The summed E-state index contributed by atoms with van der Waals surface area (Å²) in [6, 6.07) is 0.441. The van der Waals surface area contributed by atoms with Crippen molar-refractivity contribution in [2.24, 2.45) is 0 Å². The zero-order chi connectivity index (χ0) is 13.7. The van der Waals surface area contributed by atoms with Gasteiger partial charge < -0.3 is 20.8 Å². The molecule has 0 radical (unpaired) electrons. The van der Waals surface area contributed by atoms with E-state index in [0.717, 1.165) is 45.3 Å². The van der Waals surface area contributed by atoms with Crippen LogP contribution in [0.4, 0.5) is 0 Å². The number of likely N-dealkylation sites (tertiary alicyclic amines) is 1. The number of aliphatic hydroxyl groups is 2. The number of nitrogens with zero attached hydrogens (tertiary/aromatic N) is 1. The summed E-state index contributed by atoms with van der Waals surface area (Å²) in [6.45, 7) is 2.86. The Hall–Kier alpha value is -0.690. The molecular weight excluding hydrogens is 246 g/mol. The molecule has 2 aliphatic rings. The molecule has 110 valence electrons. The van der Waals surface area contributed by atoms with Gasteiger partial charge in [-0.3, -0.25) is 9.69 Å². The van der Waals surface area contributed by atoms with Crippen LogP contribution in [-0.4, -0.2) is 72.0 Å². The fraction of sp³-hybridized carbons (Fsp3) is 0.923. The molecule has 0 aliphatic carbocycles. The molecule has 0 saturated carbocycles. The SMILES string of the molecule is O=C(NCC(O)CO)C1CCCN1C1CCNCC1. The molecule has 0 bridgehead atoms. The van der Waals surface area contributed by atoms with Crippen molar-refractivity contribution in [1.29, 1.82) is 0 Å². The van der Waals surface area contributed by atoms with E-state index in [4.69, 9.17) is 5.11 Å². The Morgan fingerprint density at radius 2 is 2.11 bits per heavy atom. The zero-order valence-corrected chi connectivity index (χ0v) is 11.3. The van der Waals surface area contributed by atoms with Gasteiger partial charge in [0, 0.05) is 12.6 Å². The van der Waals surface area contributed by atoms with E-state index in [2.05, 4.69) is 15.5 Å². The van der Waals surface area contributed by atoms with Crippen LogP contribution in [0.2, 0.25) is 0 Å². The predicted molar refractivity (Wildman–Crippen MR) is 71.7 cm³/mol. The topological polar surface area (TPSA) is 84.8 Å². The number of amides is 1. The van der Waals surface area contributed by atoms with Gasteiger partial charge in [0.2, 0.25) is 5.91 Å². The Morgan fingerprint density at radius 1 is 1.37 bits per heavy atom. The summed E-state index contributed by atoms with van der Waals surface area (Å²) < 4.78 is 0. The Kier molecular flexibility index (Phi) is 5.57. The first-order valence-electron chi connectivity index (χ1n) is 7.25. The summed E-state index contributed by atoms with van der Waals surface area (Å²) in [5, 5.41) is 24.1. The molecule has 2 unspecified atom stereocenters. The molecule has 2 atom stereocenters. The highest BCUT2D eigenvalue weighted by molar-refractivity contribution is 5.82. The molecule has 2 heterocycles. The van der Waals surface area contributed by atoms with E-state index in [1.54, 1.807) is 0 Å². The van der Waals surface area contributed by atoms with Gasteiger partial charge in [0.05, 0.1) is 18.8 Å². The van der Waals surface area contributed by atoms with Crippen LogP contribution in [0.15, 0.2) is 0 Å². The zero-order valence-electron chi connectivity index (χ0n) is 11.3. The first-order chi connectivity index (χ1) is 9.22. The van der Waals surface area contributed by atoms with Crippen LogP contribution in [0.1, 0.15) is 25.7 Å². The van der Waals surface area contributed by atoms with Gasteiger partial charge in [-0.25, -0.2) is 0 Å². The third kappa shape index (κ3) is 3.89. The molecule has 0 spiro atoms. The first-order valence-corrected chi connectivity index (χ1v) is 7.25. The summed E-state index contributed by atoms with van der Waals surface area (Å²) >= 11 is 0. The summed E-state index contributed by atoms with van der Waals surface area (Å²) in [6.07, 6.45) is 3.29. The Labute approximate surface area is 114 Å². The van der Waals surface area contributed by atoms with Gasteiger partial charge in [-0.05, 0) is 45.3 Å². The van der Waals surface area contributed by atoms with E-state index < -0.39 is 6.10 Å². The van der Waals surface area contributed by atoms with Gasteiger partial charge in [0.25, 0.3) is 0 Å². The van der Waals surface area contributed by atoms with Crippen molar-refractivity contribution < 1.29 is 15.0 Å². The molecule has 0 aromatic heterocycles. The monoisotopic (exact) mass is 271 g/mol. The highest BCUT2D eigenvalue weighted by Crippen LogP contribution is 2.24. The van der Waals surface area contributed by atoms with Gasteiger partial charge in [-0.1, -0.05) is 0 Å². The van der Waals surface area contributed by atoms with Crippen molar-refractivity contribution in [3.8, 4) is 0 Å². The normalized spacial score (nSPS) is 27.4. The van der Waals surface area contributed by atoms with Gasteiger partial charge in [0.1, 0.15) is 0 Å². The number of rotatable bonds is 5. The third-order valence-electron chi connectivity index (χ3n) is 4.10. The fourth-order valence-electron chi connectivity index (χ4n) is 3.05. The lowest BCUT2D eigenvalue weighted by molar-refractivity contribution is -0.127. The second kappa shape index (κ2) is 7.19. The Bertz CT molecular complexity index is 295. The number of nitrogens with one attached hydrogen (secondary N) is 2. The van der Waals surface area contributed by atoms with Crippen molar-refractivity contribution in [3.63, 3.8) is 0 Å². The molecule has 0 aromatic rings. The maximum absolute atomic E-state index is 12.2.